The molecule has 0 aliphatic carbocycles. The van der Waals surface area contributed by atoms with Crippen molar-refractivity contribution in [3.05, 3.63) is 55.4 Å². The van der Waals surface area contributed by atoms with Crippen LogP contribution in [0.3, 0.4) is 0 Å². The summed E-state index contributed by atoms with van der Waals surface area (Å²) in [5, 5.41) is 4.06. The van der Waals surface area contributed by atoms with Crippen molar-refractivity contribution in [1.29, 1.82) is 0 Å². The first-order valence-electron chi connectivity index (χ1n) is 6.03. The maximum atomic E-state index is 6.19. The van der Waals surface area contributed by atoms with Gasteiger partial charge in [-0.15, -0.1) is 0 Å². The van der Waals surface area contributed by atoms with Crippen LogP contribution in [0.5, 0.6) is 5.75 Å². The molecule has 0 saturated heterocycles. The average molecular weight is 420 g/mol. The molecule has 0 saturated carbocycles. The number of nitrogens with one attached hydrogen (secondary N) is 1. The molecule has 0 amide bonds. The van der Waals surface area contributed by atoms with Crippen molar-refractivity contribution in [2.45, 2.75) is 13.5 Å². The molecule has 20 heavy (non-hydrogen) atoms. The molecule has 0 atom stereocenters. The minimum Gasteiger partial charge on any atom is -0.495 e. The number of hydrogen-bond donors (Lipinski definition) is 1. The lowest BCUT2D eigenvalue weighted by atomic mass is 10.2. The van der Waals surface area contributed by atoms with Gasteiger partial charge in [-0.2, -0.15) is 0 Å². The van der Waals surface area contributed by atoms with E-state index in [0.29, 0.717) is 11.6 Å². The molecule has 2 aromatic rings. The van der Waals surface area contributed by atoms with Gasteiger partial charge in [0.05, 0.1) is 22.3 Å². The Kier molecular flexibility index (Phi) is 5.35. The summed E-state index contributed by atoms with van der Waals surface area (Å²) in [5.41, 5.74) is 3.13. The number of aryl methyl sites for hydroxylation is 1. The van der Waals surface area contributed by atoms with Crippen LogP contribution in [0.4, 0.5) is 5.69 Å². The molecule has 5 heteroatoms. The third-order valence-corrected chi connectivity index (χ3v) is 4.26. The normalized spacial score (nSPS) is 10.4. The molecule has 2 nitrogen and oxygen atoms in total. The van der Waals surface area contributed by atoms with Crippen LogP contribution in [0.1, 0.15) is 11.1 Å². The Hall–Kier alpha value is -0.710. The largest absolute Gasteiger partial charge is 0.495 e. The van der Waals surface area contributed by atoms with Gasteiger partial charge in [-0.3, -0.25) is 0 Å². The second-order valence-electron chi connectivity index (χ2n) is 4.42. The van der Waals surface area contributed by atoms with E-state index in [1.165, 1.54) is 5.56 Å². The van der Waals surface area contributed by atoms with Crippen LogP contribution in [0.25, 0.3) is 0 Å². The van der Waals surface area contributed by atoms with Crippen LogP contribution in [-0.2, 0) is 6.54 Å². The molecule has 1 N–H and O–H groups in total. The SMILES string of the molecule is COc1c(Br)cc(Br)cc1CNc1cc(C)ccc1Cl. The third-order valence-electron chi connectivity index (χ3n) is 2.88. The van der Waals surface area contributed by atoms with Crippen molar-refractivity contribution in [2.75, 3.05) is 12.4 Å². The Morgan fingerprint density at radius 3 is 2.65 bits per heavy atom. The molecule has 0 radical (unpaired) electrons. The van der Waals surface area contributed by atoms with Gasteiger partial charge in [0, 0.05) is 16.6 Å². The third kappa shape index (κ3) is 3.68. The Labute approximate surface area is 140 Å². The molecule has 0 bridgehead atoms. The minimum absolute atomic E-state index is 0.629. The van der Waals surface area contributed by atoms with E-state index in [-0.39, 0.29) is 0 Å². The van der Waals surface area contributed by atoms with E-state index in [4.69, 9.17) is 16.3 Å². The standard InChI is InChI=1S/C15H14Br2ClNO/c1-9-3-4-13(18)14(5-9)19-8-10-6-11(16)7-12(17)15(10)20-2/h3-7,19H,8H2,1-2H3. The van der Waals surface area contributed by atoms with Crippen LogP contribution < -0.4 is 10.1 Å². The Bertz CT molecular complexity index is 632. The van der Waals surface area contributed by atoms with Gasteiger partial charge in [0.2, 0.25) is 0 Å². The first kappa shape index (κ1) is 15.7. The lowest BCUT2D eigenvalue weighted by molar-refractivity contribution is 0.407. The van der Waals surface area contributed by atoms with Gasteiger partial charge >= 0.3 is 0 Å². The van der Waals surface area contributed by atoms with Crippen molar-refractivity contribution < 1.29 is 4.74 Å². The summed E-state index contributed by atoms with van der Waals surface area (Å²) in [4.78, 5) is 0. The van der Waals surface area contributed by atoms with Crippen LogP contribution in [0.2, 0.25) is 5.02 Å². The number of ether oxygens (including phenoxy) is 1. The van der Waals surface area contributed by atoms with Gasteiger partial charge in [0.25, 0.3) is 0 Å². The topological polar surface area (TPSA) is 21.3 Å². The van der Waals surface area contributed by atoms with Gasteiger partial charge in [-0.25, -0.2) is 0 Å². The smallest absolute Gasteiger partial charge is 0.138 e. The molecular weight excluding hydrogens is 405 g/mol. The van der Waals surface area contributed by atoms with Crippen molar-refractivity contribution in [3.8, 4) is 5.75 Å². The molecule has 0 heterocycles. The monoisotopic (exact) mass is 417 g/mol. The van der Waals surface area contributed by atoms with Crippen LogP contribution in [0, 0.1) is 6.92 Å². The van der Waals surface area contributed by atoms with Crippen LogP contribution >= 0.6 is 43.5 Å². The van der Waals surface area contributed by atoms with Crippen LogP contribution in [0.15, 0.2) is 39.3 Å². The number of methoxy groups -OCH3 is 1. The molecule has 0 aliphatic heterocycles. The van der Waals surface area contributed by atoms with E-state index in [1.54, 1.807) is 7.11 Å². The minimum atomic E-state index is 0.629. The van der Waals surface area contributed by atoms with Gasteiger partial charge in [-0.1, -0.05) is 33.6 Å². The fourth-order valence-electron chi connectivity index (χ4n) is 1.94. The molecule has 0 aliphatic rings. The highest BCUT2D eigenvalue weighted by atomic mass is 79.9. The average Bonchev–Trinajstić information content (AvgIpc) is 2.39. The summed E-state index contributed by atoms with van der Waals surface area (Å²) in [6.45, 7) is 2.67. The Morgan fingerprint density at radius 1 is 1.20 bits per heavy atom. The summed E-state index contributed by atoms with van der Waals surface area (Å²) < 4.78 is 7.35. The zero-order valence-electron chi connectivity index (χ0n) is 11.1. The number of benzene rings is 2. The fraction of sp³-hybridized carbons (Fsp3) is 0.200. The van der Waals surface area contributed by atoms with Crippen molar-refractivity contribution in [3.63, 3.8) is 0 Å². The molecular formula is C15H14Br2ClNO. The lowest BCUT2D eigenvalue weighted by Crippen LogP contribution is -2.03. The highest BCUT2D eigenvalue weighted by Gasteiger charge is 2.10. The quantitative estimate of drug-likeness (QED) is 0.677. The second-order valence-corrected chi connectivity index (χ2v) is 6.59. The highest BCUT2D eigenvalue weighted by molar-refractivity contribution is 9.11. The first-order chi connectivity index (χ1) is 9.51. The van der Waals surface area contributed by atoms with Crippen LogP contribution in [-0.4, -0.2) is 7.11 Å². The van der Waals surface area contributed by atoms with Gasteiger partial charge in [-0.05, 0) is 52.7 Å². The summed E-state index contributed by atoms with van der Waals surface area (Å²) in [6, 6.07) is 9.90. The Morgan fingerprint density at radius 2 is 1.95 bits per heavy atom. The number of rotatable bonds is 4. The molecule has 106 valence electrons. The zero-order chi connectivity index (χ0) is 14.7. The first-order valence-corrected chi connectivity index (χ1v) is 7.99. The van der Waals surface area contributed by atoms with E-state index in [9.17, 15) is 0 Å². The number of anilines is 1. The van der Waals surface area contributed by atoms with Crippen molar-refractivity contribution >= 4 is 49.1 Å². The van der Waals surface area contributed by atoms with Gasteiger partial charge < -0.3 is 10.1 Å². The maximum absolute atomic E-state index is 6.19. The van der Waals surface area contributed by atoms with E-state index in [1.807, 2.05) is 37.3 Å². The van der Waals surface area contributed by atoms with E-state index in [0.717, 1.165) is 25.9 Å². The molecule has 0 aromatic heterocycles. The maximum Gasteiger partial charge on any atom is 0.138 e. The summed E-state index contributed by atoms with van der Waals surface area (Å²) in [7, 11) is 1.66. The molecule has 0 spiro atoms. The summed E-state index contributed by atoms with van der Waals surface area (Å²) >= 11 is 13.2. The van der Waals surface area contributed by atoms with E-state index >= 15 is 0 Å². The highest BCUT2D eigenvalue weighted by Crippen LogP contribution is 2.33. The molecule has 2 rings (SSSR count). The molecule has 0 unspecified atom stereocenters. The number of halogens is 3. The molecule has 0 fully saturated rings. The summed E-state index contributed by atoms with van der Waals surface area (Å²) in [6.07, 6.45) is 0. The lowest BCUT2D eigenvalue weighted by Gasteiger charge is -2.14. The zero-order valence-corrected chi connectivity index (χ0v) is 15.1. The van der Waals surface area contributed by atoms with Crippen molar-refractivity contribution in [1.82, 2.24) is 0 Å². The molecule has 2 aromatic carbocycles. The predicted molar refractivity (Wildman–Crippen MR) is 91.9 cm³/mol. The predicted octanol–water partition coefficient (Wildman–Crippen LogP) is 5.79. The second kappa shape index (κ2) is 6.83. The van der Waals surface area contributed by atoms with Crippen molar-refractivity contribution in [2.24, 2.45) is 0 Å². The van der Waals surface area contributed by atoms with E-state index in [2.05, 4.69) is 37.2 Å². The number of hydrogen-bond acceptors (Lipinski definition) is 2. The van der Waals surface area contributed by atoms with E-state index < -0.39 is 0 Å². The fourth-order valence-corrected chi connectivity index (χ4v) is 3.60. The van der Waals surface area contributed by atoms with Gasteiger partial charge in [0.15, 0.2) is 0 Å². The summed E-state index contributed by atoms with van der Waals surface area (Å²) in [5.74, 6) is 0.824. The van der Waals surface area contributed by atoms with Gasteiger partial charge in [0.1, 0.15) is 5.75 Å². The Balaban J connectivity index is 2.24.